The number of aromatic nitrogens is 3. The van der Waals surface area contributed by atoms with Gasteiger partial charge in [-0.3, -0.25) is 10.4 Å². The number of aryl methyl sites for hydroxylation is 2. The maximum atomic E-state index is 4.76. The third-order valence-electron chi connectivity index (χ3n) is 4.15. The molecule has 0 amide bonds. The maximum absolute atomic E-state index is 4.76. The molecule has 0 bridgehead atoms. The molecule has 3 heterocycles. The van der Waals surface area contributed by atoms with Crippen LogP contribution in [0.5, 0.6) is 0 Å². The third-order valence-corrected chi connectivity index (χ3v) is 4.15. The molecule has 1 unspecified atom stereocenters. The van der Waals surface area contributed by atoms with Gasteiger partial charge < -0.3 is 4.42 Å². The first-order valence-corrected chi connectivity index (χ1v) is 11.0. The van der Waals surface area contributed by atoms with E-state index in [4.69, 9.17) is 4.99 Å². The Hall–Kier alpha value is -2.77. The van der Waals surface area contributed by atoms with Gasteiger partial charge in [0.05, 0.1) is 12.5 Å². The summed E-state index contributed by atoms with van der Waals surface area (Å²) in [5.74, 6) is 2.58. The van der Waals surface area contributed by atoms with Gasteiger partial charge in [0.1, 0.15) is 23.7 Å². The van der Waals surface area contributed by atoms with Gasteiger partial charge in [0, 0.05) is 13.1 Å². The van der Waals surface area contributed by atoms with E-state index in [0.29, 0.717) is 0 Å². The van der Waals surface area contributed by atoms with Crippen molar-refractivity contribution in [3.8, 4) is 0 Å². The van der Waals surface area contributed by atoms with Crippen molar-refractivity contribution in [2.75, 3.05) is 13.1 Å². The summed E-state index contributed by atoms with van der Waals surface area (Å²) < 4.78 is 6.40. The molecule has 0 saturated carbocycles. The predicted octanol–water partition coefficient (Wildman–Crippen LogP) is 5.10. The van der Waals surface area contributed by atoms with Crippen LogP contribution in [0.25, 0.3) is 0 Å². The van der Waals surface area contributed by atoms with E-state index >= 15 is 0 Å². The van der Waals surface area contributed by atoms with E-state index in [2.05, 4.69) is 31.9 Å². The average molecular weight is 427 g/mol. The van der Waals surface area contributed by atoms with Gasteiger partial charge >= 0.3 is 0 Å². The number of hydrogen-bond acceptors (Lipinski definition) is 6. The number of nitrogens with one attached hydrogen (secondary N) is 1. The topological polar surface area (TPSA) is 71.5 Å². The Bertz CT molecular complexity index is 770. The summed E-state index contributed by atoms with van der Waals surface area (Å²) in [6, 6.07) is 15.7. The average Bonchev–Trinajstić information content (AvgIpc) is 3.56. The summed E-state index contributed by atoms with van der Waals surface area (Å²) >= 11 is 0. The van der Waals surface area contributed by atoms with E-state index in [-0.39, 0.29) is 6.17 Å². The van der Waals surface area contributed by atoms with Gasteiger partial charge in [-0.25, -0.2) is 14.7 Å². The third kappa shape index (κ3) is 10.2. The normalized spacial score (nSPS) is 15.7. The number of benzene rings is 1. The smallest absolute Gasteiger partial charge is 0.148 e. The lowest BCUT2D eigenvalue weighted by molar-refractivity contribution is 0.192. The molecule has 1 fully saturated rings. The standard InChI is InChI=1S/C12H22N6.C6H6.C4H4O.C2H6/c1-5-8-17-12(6-7-13-17)15-11(4)18-10(3)14-9(2)16-18;1-2-4-6-5-3-1;1-2-4-5-3-1;1-2/h12-13H,5-8H2,1-4H3;1-6H;1-4H;1-2H3/b15-11-;;;. The van der Waals surface area contributed by atoms with Crippen LogP contribution in [-0.4, -0.2) is 44.9 Å². The highest BCUT2D eigenvalue weighted by atomic mass is 16.3. The lowest BCUT2D eigenvalue weighted by Gasteiger charge is -2.20. The molecule has 0 spiro atoms. The van der Waals surface area contributed by atoms with Crippen molar-refractivity contribution in [1.29, 1.82) is 0 Å². The molecule has 1 atom stereocenters. The van der Waals surface area contributed by atoms with Gasteiger partial charge in [0.25, 0.3) is 0 Å². The second-order valence-electron chi connectivity index (χ2n) is 6.61. The summed E-state index contributed by atoms with van der Waals surface area (Å²) in [6.45, 7) is 14.0. The second kappa shape index (κ2) is 16.0. The Morgan fingerprint density at radius 2 is 1.65 bits per heavy atom. The summed E-state index contributed by atoms with van der Waals surface area (Å²) in [4.78, 5) is 9.06. The van der Waals surface area contributed by atoms with Crippen LogP contribution in [0.1, 0.15) is 52.2 Å². The monoisotopic (exact) mass is 426 g/mol. The van der Waals surface area contributed by atoms with Crippen LogP contribution in [0.15, 0.2) is 70.5 Å². The highest BCUT2D eigenvalue weighted by molar-refractivity contribution is 5.81. The lowest BCUT2D eigenvalue weighted by Crippen LogP contribution is -2.37. The molecule has 3 aromatic rings. The summed E-state index contributed by atoms with van der Waals surface area (Å²) in [6.07, 6.45) is 5.64. The van der Waals surface area contributed by atoms with Crippen LogP contribution < -0.4 is 5.43 Å². The first kappa shape index (κ1) is 26.3. The molecule has 1 saturated heterocycles. The van der Waals surface area contributed by atoms with Crippen LogP contribution in [0.3, 0.4) is 0 Å². The molecule has 31 heavy (non-hydrogen) atoms. The first-order chi connectivity index (χ1) is 15.1. The largest absolute Gasteiger partial charge is 0.473 e. The van der Waals surface area contributed by atoms with Crippen molar-refractivity contribution < 1.29 is 4.42 Å². The van der Waals surface area contributed by atoms with E-state index in [0.717, 1.165) is 43.4 Å². The van der Waals surface area contributed by atoms with E-state index in [1.54, 1.807) is 12.5 Å². The number of aliphatic imine (C=N–C) groups is 1. The van der Waals surface area contributed by atoms with Crippen molar-refractivity contribution in [2.24, 2.45) is 4.99 Å². The number of rotatable bonds is 3. The van der Waals surface area contributed by atoms with Gasteiger partial charge in [-0.1, -0.05) is 57.2 Å². The Kier molecular flexibility index (Phi) is 13.5. The Morgan fingerprint density at radius 1 is 1.06 bits per heavy atom. The molecule has 1 aliphatic rings. The Labute approximate surface area is 187 Å². The molecule has 1 N–H and O–H groups in total. The second-order valence-corrected chi connectivity index (χ2v) is 6.61. The van der Waals surface area contributed by atoms with Crippen molar-refractivity contribution in [2.45, 2.75) is 60.5 Å². The minimum Gasteiger partial charge on any atom is -0.473 e. The van der Waals surface area contributed by atoms with Gasteiger partial charge in [-0.05, 0) is 45.7 Å². The summed E-state index contributed by atoms with van der Waals surface area (Å²) in [5, 5.41) is 6.57. The molecule has 1 aliphatic heterocycles. The summed E-state index contributed by atoms with van der Waals surface area (Å²) in [7, 11) is 0. The molecule has 4 rings (SSSR count). The molecular formula is C24H38N6O. The Morgan fingerprint density at radius 3 is 2.06 bits per heavy atom. The molecule has 7 nitrogen and oxygen atoms in total. The zero-order chi connectivity index (χ0) is 22.9. The number of hydrogen-bond donors (Lipinski definition) is 1. The van der Waals surface area contributed by atoms with Gasteiger partial charge in [0.2, 0.25) is 0 Å². The SMILES string of the molecule is CC.CCCN1NCCC1/N=C(/C)n1nc(C)nc1C.c1ccccc1.c1ccoc1. The Balaban J connectivity index is 0.000000299. The number of furan rings is 1. The summed E-state index contributed by atoms with van der Waals surface area (Å²) in [5.41, 5.74) is 3.37. The molecule has 0 aliphatic carbocycles. The van der Waals surface area contributed by atoms with Crippen LogP contribution in [0.4, 0.5) is 0 Å². The highest BCUT2D eigenvalue weighted by Gasteiger charge is 2.23. The minimum atomic E-state index is 0.217. The fourth-order valence-corrected chi connectivity index (χ4v) is 2.91. The van der Waals surface area contributed by atoms with E-state index in [1.807, 2.05) is 87.8 Å². The van der Waals surface area contributed by atoms with Crippen molar-refractivity contribution in [3.05, 3.63) is 72.7 Å². The van der Waals surface area contributed by atoms with Gasteiger partial charge in [-0.15, -0.1) is 0 Å². The molecule has 2 aromatic heterocycles. The fourth-order valence-electron chi connectivity index (χ4n) is 2.91. The quantitative estimate of drug-likeness (QED) is 0.466. The van der Waals surface area contributed by atoms with E-state index in [9.17, 15) is 0 Å². The molecule has 1 aromatic carbocycles. The molecule has 7 heteroatoms. The van der Waals surface area contributed by atoms with Crippen LogP contribution in [-0.2, 0) is 0 Å². The van der Waals surface area contributed by atoms with E-state index < -0.39 is 0 Å². The molecule has 170 valence electrons. The fraction of sp³-hybridized carbons (Fsp3) is 0.458. The molecular weight excluding hydrogens is 388 g/mol. The maximum Gasteiger partial charge on any atom is 0.148 e. The van der Waals surface area contributed by atoms with Crippen molar-refractivity contribution in [3.63, 3.8) is 0 Å². The zero-order valence-electron chi connectivity index (χ0n) is 19.8. The first-order valence-electron chi connectivity index (χ1n) is 11.0. The predicted molar refractivity (Wildman–Crippen MR) is 128 cm³/mol. The zero-order valence-corrected chi connectivity index (χ0v) is 19.8. The van der Waals surface area contributed by atoms with Crippen LogP contribution >= 0.6 is 0 Å². The number of nitrogens with zero attached hydrogens (tertiary/aromatic N) is 5. The van der Waals surface area contributed by atoms with Crippen LogP contribution in [0.2, 0.25) is 0 Å². The van der Waals surface area contributed by atoms with Crippen molar-refractivity contribution >= 4 is 5.84 Å². The number of hydrazine groups is 1. The van der Waals surface area contributed by atoms with Crippen molar-refractivity contribution in [1.82, 2.24) is 25.2 Å². The van der Waals surface area contributed by atoms with Gasteiger partial charge in [0.15, 0.2) is 0 Å². The van der Waals surface area contributed by atoms with Crippen LogP contribution in [0, 0.1) is 13.8 Å². The van der Waals surface area contributed by atoms with E-state index in [1.165, 1.54) is 0 Å². The minimum absolute atomic E-state index is 0.217. The molecule has 0 radical (unpaired) electrons. The van der Waals surface area contributed by atoms with Gasteiger partial charge in [-0.2, -0.15) is 5.10 Å². The lowest BCUT2D eigenvalue weighted by atomic mass is 10.3. The highest BCUT2D eigenvalue weighted by Crippen LogP contribution is 2.11.